The maximum atomic E-state index is 14.5. The molecule has 216 valence electrons. The van der Waals surface area contributed by atoms with Crippen molar-refractivity contribution >= 4 is 11.9 Å². The average molecular weight is 566 g/mol. The van der Waals surface area contributed by atoms with Crippen LogP contribution in [0.4, 0.5) is 22.4 Å². The van der Waals surface area contributed by atoms with Crippen molar-refractivity contribution < 1.29 is 41.4 Å². The van der Waals surface area contributed by atoms with E-state index in [9.17, 15) is 27.2 Å². The molecule has 3 aliphatic heterocycles. The zero-order valence-electron chi connectivity index (χ0n) is 21.9. The first kappa shape index (κ1) is 28.2. The fourth-order valence-corrected chi connectivity index (χ4v) is 6.05. The molecule has 0 saturated carbocycles. The summed E-state index contributed by atoms with van der Waals surface area (Å²) in [5.74, 6) is -1.77. The van der Waals surface area contributed by atoms with E-state index in [0.717, 1.165) is 12.0 Å². The van der Waals surface area contributed by atoms with E-state index >= 15 is 0 Å². The van der Waals surface area contributed by atoms with Crippen LogP contribution in [-0.4, -0.2) is 74.6 Å². The number of hydrogen-bond acceptors (Lipinski definition) is 5. The first-order valence-electron chi connectivity index (χ1n) is 13.2. The molecule has 3 aliphatic rings. The largest absolute Gasteiger partial charge is 0.488 e. The van der Waals surface area contributed by atoms with Crippen molar-refractivity contribution in [1.82, 2.24) is 15.5 Å². The van der Waals surface area contributed by atoms with Gasteiger partial charge in [-0.2, -0.15) is 13.2 Å². The van der Waals surface area contributed by atoms with Gasteiger partial charge in [0.05, 0.1) is 18.8 Å². The van der Waals surface area contributed by atoms with Gasteiger partial charge in [-0.1, -0.05) is 36.4 Å². The van der Waals surface area contributed by atoms with Crippen LogP contribution in [0.15, 0.2) is 48.5 Å². The molecule has 0 aliphatic carbocycles. The number of halogens is 4. The maximum Gasteiger partial charge on any atom is 0.430 e. The van der Waals surface area contributed by atoms with Gasteiger partial charge in [0.2, 0.25) is 0 Å². The monoisotopic (exact) mass is 565 g/mol. The van der Waals surface area contributed by atoms with Gasteiger partial charge in [-0.15, -0.1) is 0 Å². The molecule has 0 bridgehead atoms. The summed E-state index contributed by atoms with van der Waals surface area (Å²) in [6.45, 7) is 1.00. The van der Waals surface area contributed by atoms with Crippen LogP contribution in [0.1, 0.15) is 36.3 Å². The van der Waals surface area contributed by atoms with Crippen molar-refractivity contribution in [1.29, 1.82) is 0 Å². The minimum atomic E-state index is -5.02. The van der Waals surface area contributed by atoms with Gasteiger partial charge < -0.3 is 29.7 Å². The number of methoxy groups -OCH3 is 1. The zero-order chi connectivity index (χ0) is 28.5. The number of hydrogen-bond donors (Lipinski definition) is 2. The van der Waals surface area contributed by atoms with E-state index < -0.39 is 41.0 Å². The van der Waals surface area contributed by atoms with Crippen molar-refractivity contribution in [3.63, 3.8) is 0 Å². The Bertz CT molecular complexity index is 1230. The molecule has 0 unspecified atom stereocenters. The van der Waals surface area contributed by atoms with E-state index in [1.54, 1.807) is 12.1 Å². The molecule has 3 fully saturated rings. The number of benzene rings is 2. The molecule has 3 saturated heterocycles. The van der Waals surface area contributed by atoms with Crippen LogP contribution in [0.3, 0.4) is 0 Å². The number of piperidine rings is 1. The van der Waals surface area contributed by atoms with Crippen molar-refractivity contribution in [3.8, 4) is 5.75 Å². The lowest BCUT2D eigenvalue weighted by Gasteiger charge is -2.50. The highest BCUT2D eigenvalue weighted by Gasteiger charge is 2.64. The Kier molecular flexibility index (Phi) is 7.66. The van der Waals surface area contributed by atoms with Crippen LogP contribution in [0.25, 0.3) is 0 Å². The molecule has 5 rings (SSSR count). The van der Waals surface area contributed by atoms with E-state index in [0.29, 0.717) is 30.9 Å². The summed E-state index contributed by atoms with van der Waals surface area (Å²) in [7, 11) is 0.873. The highest BCUT2D eigenvalue weighted by molar-refractivity contribution is 5.88. The average Bonchev–Trinajstić information content (AvgIpc) is 3.43. The quantitative estimate of drug-likeness (QED) is 0.520. The Labute approximate surface area is 228 Å². The highest BCUT2D eigenvalue weighted by Crippen LogP contribution is 2.46. The van der Waals surface area contributed by atoms with Crippen LogP contribution in [-0.2, 0) is 19.9 Å². The molecule has 3 heterocycles. The molecule has 2 aromatic rings. The summed E-state index contributed by atoms with van der Waals surface area (Å²) >= 11 is 0. The van der Waals surface area contributed by atoms with Crippen LogP contribution in [0.5, 0.6) is 5.75 Å². The van der Waals surface area contributed by atoms with E-state index in [4.69, 9.17) is 14.2 Å². The summed E-state index contributed by atoms with van der Waals surface area (Å²) in [5.41, 5.74) is -3.72. The molecular weight excluding hydrogens is 534 g/mol. The Hall–Kier alpha value is -3.38. The molecule has 0 aromatic heterocycles. The number of rotatable bonds is 6. The van der Waals surface area contributed by atoms with Crippen LogP contribution >= 0.6 is 0 Å². The molecule has 8 nitrogen and oxygen atoms in total. The Morgan fingerprint density at radius 1 is 1.12 bits per heavy atom. The molecule has 3 amide bonds. The van der Waals surface area contributed by atoms with Crippen molar-refractivity contribution in [2.24, 2.45) is 0 Å². The van der Waals surface area contributed by atoms with E-state index in [1.165, 1.54) is 36.4 Å². The highest BCUT2D eigenvalue weighted by atomic mass is 19.4. The fourth-order valence-electron chi connectivity index (χ4n) is 6.05. The van der Waals surface area contributed by atoms with Gasteiger partial charge in [0, 0.05) is 56.3 Å². The SMILES string of the molecule is CO[C@@](C(=O)N1CCC2(CC1)NC(=O)NC[C@@H]2c1ccc(F)cc1O[C@@H]1CCOC1)(c1ccccc1)C(F)(F)F. The summed E-state index contributed by atoms with van der Waals surface area (Å²) in [6.07, 6.45) is -4.27. The molecular formula is C28H31F4N3O5. The molecule has 12 heteroatoms. The van der Waals surface area contributed by atoms with Crippen molar-refractivity contribution in [3.05, 3.63) is 65.5 Å². The second-order valence-electron chi connectivity index (χ2n) is 10.4. The first-order valence-corrected chi connectivity index (χ1v) is 13.2. The van der Waals surface area contributed by atoms with E-state index in [2.05, 4.69) is 10.6 Å². The smallest absolute Gasteiger partial charge is 0.430 e. The lowest BCUT2D eigenvalue weighted by atomic mass is 9.71. The Morgan fingerprint density at radius 3 is 2.48 bits per heavy atom. The number of carbonyl (C=O) groups excluding carboxylic acids is 2. The number of nitrogens with one attached hydrogen (secondary N) is 2. The number of nitrogens with zero attached hydrogens (tertiary/aromatic N) is 1. The Morgan fingerprint density at radius 2 is 1.85 bits per heavy atom. The van der Waals surface area contributed by atoms with Crippen LogP contribution < -0.4 is 15.4 Å². The topological polar surface area (TPSA) is 89.1 Å². The predicted molar refractivity (Wildman–Crippen MR) is 135 cm³/mol. The molecule has 3 atom stereocenters. The third-order valence-electron chi connectivity index (χ3n) is 8.16. The van der Waals surface area contributed by atoms with Gasteiger partial charge in [0.15, 0.2) is 0 Å². The molecule has 0 radical (unpaired) electrons. The van der Waals surface area contributed by atoms with Gasteiger partial charge in [-0.05, 0) is 18.9 Å². The van der Waals surface area contributed by atoms with Crippen molar-refractivity contribution in [2.75, 3.05) is 40.0 Å². The second kappa shape index (κ2) is 10.9. The van der Waals surface area contributed by atoms with E-state index in [1.807, 2.05) is 0 Å². The van der Waals surface area contributed by atoms with Gasteiger partial charge >= 0.3 is 12.2 Å². The number of alkyl halides is 3. The summed E-state index contributed by atoms with van der Waals surface area (Å²) < 4.78 is 74.2. The number of carbonyl (C=O) groups is 2. The lowest BCUT2D eigenvalue weighted by molar-refractivity contribution is -0.270. The first-order chi connectivity index (χ1) is 19.1. The number of ether oxygens (including phenoxy) is 3. The van der Waals surface area contributed by atoms with E-state index in [-0.39, 0.29) is 44.1 Å². The Balaban J connectivity index is 1.43. The van der Waals surface area contributed by atoms with Crippen molar-refractivity contribution in [2.45, 2.75) is 48.6 Å². The number of amides is 3. The van der Waals surface area contributed by atoms with Gasteiger partial charge in [-0.25, -0.2) is 9.18 Å². The van der Waals surface area contributed by atoms with Crippen LogP contribution in [0.2, 0.25) is 0 Å². The molecule has 1 spiro atoms. The maximum absolute atomic E-state index is 14.5. The zero-order valence-corrected chi connectivity index (χ0v) is 21.9. The summed E-state index contributed by atoms with van der Waals surface area (Å²) in [5, 5.41) is 5.75. The van der Waals surface area contributed by atoms with Gasteiger partial charge in [-0.3, -0.25) is 4.79 Å². The number of urea groups is 1. The number of likely N-dealkylation sites (tertiary alicyclic amines) is 1. The molecule has 40 heavy (non-hydrogen) atoms. The molecule has 2 aromatic carbocycles. The fraction of sp³-hybridized carbons (Fsp3) is 0.500. The third-order valence-corrected chi connectivity index (χ3v) is 8.16. The second-order valence-corrected chi connectivity index (χ2v) is 10.4. The predicted octanol–water partition coefficient (Wildman–Crippen LogP) is 3.86. The summed E-state index contributed by atoms with van der Waals surface area (Å²) in [4.78, 5) is 27.2. The molecule has 2 N–H and O–H groups in total. The third kappa shape index (κ3) is 4.98. The van der Waals surface area contributed by atoms with Gasteiger partial charge in [0.25, 0.3) is 11.5 Å². The van der Waals surface area contributed by atoms with Crippen LogP contribution in [0, 0.1) is 5.82 Å². The minimum Gasteiger partial charge on any atom is -0.488 e. The normalized spacial score (nSPS) is 24.2. The standard InChI is InChI=1S/C28H31F4N3O5/c1-38-27(28(30,31)32,18-5-3-2-4-6-18)24(36)35-12-10-26(11-13-35)22(16-33-25(37)34-26)21-8-7-19(29)15-23(21)40-20-9-14-39-17-20/h2-8,15,20,22H,9-14,16-17H2,1H3,(H2,33,34,37)/t20-,22-,27-/m1/s1. The van der Waals surface area contributed by atoms with Gasteiger partial charge in [0.1, 0.15) is 17.7 Å². The minimum absolute atomic E-state index is 0.0580. The summed E-state index contributed by atoms with van der Waals surface area (Å²) in [6, 6.07) is 10.6. The lowest BCUT2D eigenvalue weighted by Crippen LogP contribution is -2.67.